The van der Waals surface area contributed by atoms with Gasteiger partial charge in [-0.15, -0.1) is 0 Å². The molecule has 0 fully saturated rings. The molecule has 0 bridgehead atoms. The molecule has 0 aliphatic heterocycles. The number of hydrazine groups is 1. The fourth-order valence-corrected chi connectivity index (χ4v) is 2.51. The summed E-state index contributed by atoms with van der Waals surface area (Å²) >= 11 is 5.31. The van der Waals surface area contributed by atoms with Crippen molar-refractivity contribution in [3.63, 3.8) is 0 Å². The van der Waals surface area contributed by atoms with Crippen molar-refractivity contribution in [3.8, 4) is 0 Å². The fraction of sp³-hybridized carbons (Fsp3) is 0.0500. The SMILES string of the molecule is Cc1ccc(NC(=S)NNC(=Nc2ccc([N+](=O)[O-])cc2)c2ccccn2)cc1. The van der Waals surface area contributed by atoms with Crippen LogP contribution in [0.5, 0.6) is 0 Å². The quantitative estimate of drug-likeness (QED) is 0.199. The molecule has 0 saturated heterocycles. The number of pyridine rings is 1. The molecule has 146 valence electrons. The summed E-state index contributed by atoms with van der Waals surface area (Å²) in [4.78, 5) is 19.1. The van der Waals surface area contributed by atoms with Crippen molar-refractivity contribution >= 4 is 40.2 Å². The molecule has 3 N–H and O–H groups in total. The number of aromatic nitrogens is 1. The first-order valence-electron chi connectivity index (χ1n) is 8.65. The van der Waals surface area contributed by atoms with Crippen LogP contribution in [0.3, 0.4) is 0 Å². The minimum absolute atomic E-state index is 0.00195. The molecule has 1 aromatic heterocycles. The average molecular weight is 406 g/mol. The van der Waals surface area contributed by atoms with E-state index in [0.29, 0.717) is 22.3 Å². The van der Waals surface area contributed by atoms with E-state index in [1.165, 1.54) is 12.1 Å². The Morgan fingerprint density at radius 2 is 1.76 bits per heavy atom. The van der Waals surface area contributed by atoms with Gasteiger partial charge in [-0.3, -0.25) is 25.9 Å². The number of non-ortho nitro benzene ring substituents is 1. The molecular formula is C20H18N6O2S. The molecule has 0 atom stereocenters. The van der Waals surface area contributed by atoms with Crippen LogP contribution in [0.4, 0.5) is 17.1 Å². The van der Waals surface area contributed by atoms with Gasteiger partial charge in [0.05, 0.1) is 10.6 Å². The van der Waals surface area contributed by atoms with Gasteiger partial charge >= 0.3 is 0 Å². The van der Waals surface area contributed by atoms with Crippen molar-refractivity contribution in [3.05, 3.63) is 94.3 Å². The molecule has 3 rings (SSSR count). The molecule has 29 heavy (non-hydrogen) atoms. The predicted molar refractivity (Wildman–Crippen MR) is 117 cm³/mol. The summed E-state index contributed by atoms with van der Waals surface area (Å²) in [6, 6.07) is 19.1. The topological polar surface area (TPSA) is 104 Å². The van der Waals surface area contributed by atoms with Gasteiger partial charge in [-0.1, -0.05) is 23.8 Å². The average Bonchev–Trinajstić information content (AvgIpc) is 2.73. The van der Waals surface area contributed by atoms with Gasteiger partial charge in [-0.25, -0.2) is 4.99 Å². The number of nitro groups is 1. The van der Waals surface area contributed by atoms with E-state index in [4.69, 9.17) is 12.2 Å². The Morgan fingerprint density at radius 1 is 1.03 bits per heavy atom. The van der Waals surface area contributed by atoms with E-state index in [-0.39, 0.29) is 5.69 Å². The number of aliphatic imine (C=N–C) groups is 1. The van der Waals surface area contributed by atoms with Crippen LogP contribution in [0, 0.1) is 17.0 Å². The van der Waals surface area contributed by atoms with Crippen LogP contribution in [0.1, 0.15) is 11.3 Å². The summed E-state index contributed by atoms with van der Waals surface area (Å²) < 4.78 is 0. The lowest BCUT2D eigenvalue weighted by Gasteiger charge is -2.14. The molecule has 8 nitrogen and oxygen atoms in total. The monoisotopic (exact) mass is 406 g/mol. The number of hydrogen-bond donors (Lipinski definition) is 3. The molecule has 0 radical (unpaired) electrons. The number of hydrogen-bond acceptors (Lipinski definition) is 5. The molecule has 0 aliphatic rings. The maximum atomic E-state index is 10.8. The third-order valence-electron chi connectivity index (χ3n) is 3.81. The highest BCUT2D eigenvalue weighted by Crippen LogP contribution is 2.18. The predicted octanol–water partition coefficient (Wildman–Crippen LogP) is 3.87. The number of benzene rings is 2. The third kappa shape index (κ3) is 5.81. The molecule has 0 unspecified atom stereocenters. The largest absolute Gasteiger partial charge is 0.331 e. The number of aryl methyl sites for hydroxylation is 1. The molecule has 3 aromatic rings. The van der Waals surface area contributed by atoms with Crippen LogP contribution < -0.4 is 16.2 Å². The smallest absolute Gasteiger partial charge is 0.269 e. The lowest BCUT2D eigenvalue weighted by atomic mass is 10.2. The maximum Gasteiger partial charge on any atom is 0.269 e. The first-order chi connectivity index (χ1) is 14.0. The van der Waals surface area contributed by atoms with Crippen molar-refractivity contribution in [2.45, 2.75) is 6.92 Å². The maximum absolute atomic E-state index is 10.8. The Morgan fingerprint density at radius 3 is 2.38 bits per heavy atom. The van der Waals surface area contributed by atoms with E-state index in [2.05, 4.69) is 26.1 Å². The minimum Gasteiger partial charge on any atom is -0.331 e. The highest BCUT2D eigenvalue weighted by atomic mass is 32.1. The number of amidine groups is 1. The zero-order chi connectivity index (χ0) is 20.6. The lowest BCUT2D eigenvalue weighted by molar-refractivity contribution is -0.384. The van der Waals surface area contributed by atoms with Crippen molar-refractivity contribution in [2.24, 2.45) is 4.99 Å². The van der Waals surface area contributed by atoms with Gasteiger partial charge in [0, 0.05) is 24.0 Å². The molecule has 0 spiro atoms. The summed E-state index contributed by atoms with van der Waals surface area (Å²) in [6.45, 7) is 2.01. The van der Waals surface area contributed by atoms with Gasteiger partial charge in [0.1, 0.15) is 5.69 Å². The van der Waals surface area contributed by atoms with Crippen molar-refractivity contribution in [2.75, 3.05) is 5.32 Å². The van der Waals surface area contributed by atoms with Gasteiger partial charge in [0.2, 0.25) is 0 Å². The number of rotatable bonds is 4. The Kier molecular flexibility index (Phi) is 6.43. The second-order valence-electron chi connectivity index (χ2n) is 6.02. The molecule has 0 amide bonds. The second kappa shape index (κ2) is 9.38. The molecule has 2 aromatic carbocycles. The highest BCUT2D eigenvalue weighted by molar-refractivity contribution is 7.80. The van der Waals surface area contributed by atoms with Gasteiger partial charge in [0.15, 0.2) is 10.9 Å². The van der Waals surface area contributed by atoms with Gasteiger partial charge in [-0.2, -0.15) is 0 Å². The van der Waals surface area contributed by atoms with Crippen molar-refractivity contribution < 1.29 is 4.92 Å². The number of nitro benzene ring substituents is 1. The first kappa shape index (κ1) is 19.9. The number of nitrogens with zero attached hydrogens (tertiary/aromatic N) is 3. The zero-order valence-corrected chi connectivity index (χ0v) is 16.3. The van der Waals surface area contributed by atoms with Crippen molar-refractivity contribution in [1.29, 1.82) is 0 Å². The Balaban J connectivity index is 1.74. The zero-order valence-electron chi connectivity index (χ0n) is 15.5. The number of nitrogens with one attached hydrogen (secondary N) is 3. The van der Waals surface area contributed by atoms with E-state index in [1.54, 1.807) is 30.5 Å². The van der Waals surface area contributed by atoms with E-state index in [9.17, 15) is 10.1 Å². The minimum atomic E-state index is -0.456. The second-order valence-corrected chi connectivity index (χ2v) is 6.43. The normalized spacial score (nSPS) is 10.9. The van der Waals surface area contributed by atoms with Gasteiger partial charge in [-0.05, 0) is 55.5 Å². The number of thiocarbonyl (C=S) groups is 1. The van der Waals surface area contributed by atoms with Crippen LogP contribution in [0.15, 0.2) is 77.9 Å². The van der Waals surface area contributed by atoms with E-state index in [1.807, 2.05) is 37.3 Å². The molecule has 0 saturated carbocycles. The van der Waals surface area contributed by atoms with E-state index >= 15 is 0 Å². The van der Waals surface area contributed by atoms with Gasteiger partial charge < -0.3 is 5.32 Å². The van der Waals surface area contributed by atoms with Gasteiger partial charge in [0.25, 0.3) is 5.69 Å². The van der Waals surface area contributed by atoms with E-state index in [0.717, 1.165) is 11.3 Å². The summed E-state index contributed by atoms with van der Waals surface area (Å²) in [6.07, 6.45) is 1.64. The Labute approximate surface area is 172 Å². The molecular weight excluding hydrogens is 388 g/mol. The molecule has 0 aliphatic carbocycles. The van der Waals surface area contributed by atoms with Crippen LogP contribution in [0.25, 0.3) is 0 Å². The Bertz CT molecular complexity index is 1020. The summed E-state index contributed by atoms with van der Waals surface area (Å²) in [5.41, 5.74) is 8.95. The fourth-order valence-electron chi connectivity index (χ4n) is 2.35. The van der Waals surface area contributed by atoms with Crippen LogP contribution in [0.2, 0.25) is 0 Å². The molecule has 9 heteroatoms. The standard InChI is InChI=1S/C20H18N6O2S/c1-14-5-7-16(8-6-14)23-20(29)25-24-19(18-4-2-3-13-21-18)22-15-9-11-17(12-10-15)26(27)28/h2-13H,1H3,(H,22,24)(H2,23,25,29). The Hall–Kier alpha value is -3.85. The van der Waals surface area contributed by atoms with Crippen LogP contribution in [-0.2, 0) is 0 Å². The summed E-state index contributed by atoms with van der Waals surface area (Å²) in [5.74, 6) is 0.410. The van der Waals surface area contributed by atoms with Crippen LogP contribution >= 0.6 is 12.2 Å². The summed E-state index contributed by atoms with van der Waals surface area (Å²) in [7, 11) is 0. The number of anilines is 1. The highest BCUT2D eigenvalue weighted by Gasteiger charge is 2.08. The lowest BCUT2D eigenvalue weighted by Crippen LogP contribution is -2.44. The first-order valence-corrected chi connectivity index (χ1v) is 9.06. The third-order valence-corrected chi connectivity index (χ3v) is 4.02. The molecule has 1 heterocycles. The van der Waals surface area contributed by atoms with E-state index < -0.39 is 4.92 Å². The van der Waals surface area contributed by atoms with Crippen LogP contribution in [-0.4, -0.2) is 20.9 Å². The summed E-state index contributed by atoms with van der Waals surface area (Å²) in [5, 5.41) is 14.2. The van der Waals surface area contributed by atoms with Crippen molar-refractivity contribution in [1.82, 2.24) is 15.8 Å².